The van der Waals surface area contributed by atoms with Crippen molar-refractivity contribution in [3.8, 4) is 22.4 Å². The molecule has 0 radical (unpaired) electrons. The van der Waals surface area contributed by atoms with Crippen molar-refractivity contribution in [3.63, 3.8) is 0 Å². The van der Waals surface area contributed by atoms with Crippen LogP contribution in [0.5, 0.6) is 0 Å². The highest BCUT2D eigenvalue weighted by atomic mass is 16.5. The van der Waals surface area contributed by atoms with E-state index in [1.54, 1.807) is 40.3 Å². The van der Waals surface area contributed by atoms with Crippen LogP contribution in [0.2, 0.25) is 0 Å². The number of nitrogens with zero attached hydrogens (tertiary/aromatic N) is 4. The third-order valence-electron chi connectivity index (χ3n) is 11.8. The van der Waals surface area contributed by atoms with Gasteiger partial charge in [-0.15, -0.1) is 0 Å². The van der Waals surface area contributed by atoms with Crippen LogP contribution in [0.25, 0.3) is 44.2 Å². The van der Waals surface area contributed by atoms with E-state index in [1.165, 1.54) is 7.11 Å². The van der Waals surface area contributed by atoms with Crippen LogP contribution >= 0.6 is 0 Å². The van der Waals surface area contributed by atoms with E-state index >= 15 is 0 Å². The average molecular weight is 817 g/mol. The number of hydrogen-bond donors (Lipinski definition) is 5. The van der Waals surface area contributed by atoms with E-state index in [0.717, 1.165) is 63.5 Å². The van der Waals surface area contributed by atoms with Gasteiger partial charge in [0.05, 0.1) is 42.1 Å². The lowest BCUT2D eigenvalue weighted by molar-refractivity contribution is -0.135. The Balaban J connectivity index is 0.917. The Bertz CT molecular complexity index is 2750. The van der Waals surface area contributed by atoms with Crippen molar-refractivity contribution in [2.24, 2.45) is 0 Å². The lowest BCUT2D eigenvalue weighted by Crippen LogP contribution is -2.42. The third kappa shape index (κ3) is 7.87. The number of hydrogen-bond acceptors (Lipinski definition) is 7. The first kappa shape index (κ1) is 39.0. The molecule has 4 heterocycles. The summed E-state index contributed by atoms with van der Waals surface area (Å²) in [7, 11) is 1.28. The Kier molecular flexibility index (Phi) is 10.6. The molecule has 0 bridgehead atoms. The molecule has 2 aliphatic rings. The van der Waals surface area contributed by atoms with E-state index < -0.39 is 24.3 Å². The smallest absolute Gasteiger partial charge is 0.407 e. The summed E-state index contributed by atoms with van der Waals surface area (Å²) < 4.78 is 4.84. The first-order valence-electron chi connectivity index (χ1n) is 20.4. The minimum absolute atomic E-state index is 0.218. The lowest BCUT2D eigenvalue weighted by Gasteiger charge is -2.28. The molecule has 0 saturated carbocycles. The molecule has 4 amide bonds. The van der Waals surface area contributed by atoms with Crippen LogP contribution in [0.1, 0.15) is 72.6 Å². The summed E-state index contributed by atoms with van der Waals surface area (Å²) in [6, 6.07) is 34.3. The number of aromatic amines is 2. The Hall–Kier alpha value is -7.48. The maximum Gasteiger partial charge on any atom is 0.407 e. The molecule has 5 aromatic carbocycles. The number of rotatable bonds is 10. The van der Waals surface area contributed by atoms with Gasteiger partial charge in [0.25, 0.3) is 11.8 Å². The highest BCUT2D eigenvalue weighted by Gasteiger charge is 2.38. The molecular formula is C47H44N8O6. The molecule has 61 heavy (non-hydrogen) atoms. The van der Waals surface area contributed by atoms with Crippen LogP contribution in [0.4, 0.5) is 9.59 Å². The molecule has 14 heteroatoms. The molecule has 9 rings (SSSR count). The number of carbonyl (C=O) groups is 4. The molecule has 2 saturated heterocycles. The fourth-order valence-electron chi connectivity index (χ4n) is 8.74. The topological polar surface area (TPSA) is 186 Å². The Morgan fingerprint density at radius 1 is 0.689 bits per heavy atom. The van der Waals surface area contributed by atoms with Crippen LogP contribution in [-0.4, -0.2) is 79.0 Å². The number of carbonyl (C=O) groups excluding carboxylic acids is 3. The highest BCUT2D eigenvalue weighted by Crippen LogP contribution is 2.37. The summed E-state index contributed by atoms with van der Waals surface area (Å²) in [6.07, 6.45) is 2.89. The Labute approximate surface area is 351 Å². The summed E-state index contributed by atoms with van der Waals surface area (Å²) in [5, 5.41) is 16.8. The van der Waals surface area contributed by atoms with Gasteiger partial charge in [0.1, 0.15) is 23.7 Å². The predicted molar refractivity (Wildman–Crippen MR) is 229 cm³/mol. The monoisotopic (exact) mass is 816 g/mol. The number of carboxylic acid groups (broad SMARTS) is 1. The number of ether oxygens (including phenoxy) is 1. The van der Waals surface area contributed by atoms with Gasteiger partial charge in [-0.1, -0.05) is 91.0 Å². The van der Waals surface area contributed by atoms with Gasteiger partial charge >= 0.3 is 12.2 Å². The molecule has 14 nitrogen and oxygen atoms in total. The fraction of sp³-hybridized carbons (Fsp3) is 0.234. The van der Waals surface area contributed by atoms with Gasteiger partial charge in [-0.05, 0) is 83.0 Å². The van der Waals surface area contributed by atoms with E-state index in [4.69, 9.17) is 14.7 Å². The summed E-state index contributed by atoms with van der Waals surface area (Å²) in [5.41, 5.74) is 6.75. The number of alkyl carbamates (subject to hydrolysis) is 1. The molecule has 4 unspecified atom stereocenters. The fourth-order valence-corrected chi connectivity index (χ4v) is 8.74. The number of aromatic nitrogens is 4. The maximum absolute atomic E-state index is 14.0. The standard InChI is InChI=1S/C47H44N8O6/c1-61-47(60)53-41(29-12-6-3-7-13-29)45(57)55-23-9-15-39(55)43-49-35-21-20-33(26-36(35)50-43)31-16-17-32-25-34(19-18-30(32)24-31)37-27-48-42(51-37)38-14-8-22-54(38)44(56)40(52-46(58)59)28-10-4-2-5-11-28/h2-7,10-13,16-21,24-27,38-41,52H,8-9,14-15,22-23H2,1H3,(H,48,51)(H,49,50)(H,53,60)(H,58,59). The van der Waals surface area contributed by atoms with Crippen LogP contribution in [0, 0.1) is 0 Å². The van der Waals surface area contributed by atoms with Crippen LogP contribution < -0.4 is 10.6 Å². The molecule has 0 aliphatic carbocycles. The second kappa shape index (κ2) is 16.6. The zero-order valence-electron chi connectivity index (χ0n) is 33.4. The zero-order valence-corrected chi connectivity index (χ0v) is 33.4. The number of imidazole rings is 2. The molecule has 5 N–H and O–H groups in total. The minimum Gasteiger partial charge on any atom is -0.465 e. The van der Waals surface area contributed by atoms with Gasteiger partial charge in [0, 0.05) is 18.7 Å². The van der Waals surface area contributed by atoms with Crippen LogP contribution in [0.15, 0.2) is 121 Å². The van der Waals surface area contributed by atoms with Crippen molar-refractivity contribution in [1.29, 1.82) is 0 Å². The summed E-state index contributed by atoms with van der Waals surface area (Å²) >= 11 is 0. The summed E-state index contributed by atoms with van der Waals surface area (Å²) in [6.45, 7) is 1.05. The van der Waals surface area contributed by atoms with Crippen LogP contribution in [0.3, 0.4) is 0 Å². The van der Waals surface area contributed by atoms with Crippen molar-refractivity contribution >= 4 is 45.8 Å². The second-order valence-corrected chi connectivity index (χ2v) is 15.5. The van der Waals surface area contributed by atoms with E-state index in [1.807, 2.05) is 48.5 Å². The predicted octanol–water partition coefficient (Wildman–Crippen LogP) is 8.21. The zero-order chi connectivity index (χ0) is 42.0. The molecule has 0 spiro atoms. The van der Waals surface area contributed by atoms with E-state index in [9.17, 15) is 24.3 Å². The van der Waals surface area contributed by atoms with E-state index in [2.05, 4.69) is 63.1 Å². The summed E-state index contributed by atoms with van der Waals surface area (Å²) in [5.74, 6) is 0.841. The Morgan fingerprint density at radius 2 is 1.25 bits per heavy atom. The average Bonchev–Trinajstić information content (AvgIpc) is 4.13. The van der Waals surface area contributed by atoms with E-state index in [-0.39, 0.29) is 23.9 Å². The quantitative estimate of drug-likeness (QED) is 0.0914. The van der Waals surface area contributed by atoms with Gasteiger partial charge in [-0.25, -0.2) is 19.6 Å². The number of benzene rings is 5. The van der Waals surface area contributed by atoms with Gasteiger partial charge in [-0.2, -0.15) is 0 Å². The van der Waals surface area contributed by atoms with Gasteiger partial charge in [0.2, 0.25) is 0 Å². The number of methoxy groups -OCH3 is 1. The number of fused-ring (bicyclic) bond motifs is 2. The molecule has 308 valence electrons. The molecule has 7 aromatic rings. The molecular weight excluding hydrogens is 773 g/mol. The first-order valence-corrected chi connectivity index (χ1v) is 20.4. The SMILES string of the molecule is COC(=O)NC(C(=O)N1CCCC1c1nc2ccc(-c3ccc4cc(-c5cnc(C6CCCN6C(=O)C(NC(=O)O)c6ccccc6)[nH]5)ccc4c3)cc2[nH]1)c1ccccc1. The number of nitrogens with one attached hydrogen (secondary N) is 4. The molecule has 4 atom stereocenters. The number of likely N-dealkylation sites (tertiary alicyclic amines) is 2. The van der Waals surface area contributed by atoms with Crippen molar-refractivity contribution in [3.05, 3.63) is 144 Å². The highest BCUT2D eigenvalue weighted by molar-refractivity contribution is 5.92. The minimum atomic E-state index is -1.26. The van der Waals surface area contributed by atoms with Crippen LogP contribution in [-0.2, 0) is 14.3 Å². The van der Waals surface area contributed by atoms with Gasteiger partial charge in [0.15, 0.2) is 0 Å². The first-order chi connectivity index (χ1) is 29.7. The van der Waals surface area contributed by atoms with Crippen molar-refractivity contribution in [2.75, 3.05) is 20.2 Å². The second-order valence-electron chi connectivity index (χ2n) is 15.5. The summed E-state index contributed by atoms with van der Waals surface area (Å²) in [4.78, 5) is 71.8. The Morgan fingerprint density at radius 3 is 1.87 bits per heavy atom. The van der Waals surface area contributed by atoms with Crippen molar-refractivity contribution in [2.45, 2.75) is 49.9 Å². The largest absolute Gasteiger partial charge is 0.465 e. The normalized spacial score (nSPS) is 17.3. The van der Waals surface area contributed by atoms with Gasteiger partial charge in [-0.3, -0.25) is 9.59 Å². The van der Waals surface area contributed by atoms with Crippen molar-refractivity contribution in [1.82, 2.24) is 40.4 Å². The van der Waals surface area contributed by atoms with E-state index in [0.29, 0.717) is 42.3 Å². The third-order valence-corrected chi connectivity index (χ3v) is 11.8. The lowest BCUT2D eigenvalue weighted by atomic mass is 9.99. The molecule has 2 aromatic heterocycles. The maximum atomic E-state index is 14.0. The molecule has 2 aliphatic heterocycles. The van der Waals surface area contributed by atoms with Gasteiger partial charge < -0.3 is 40.2 Å². The number of H-pyrrole nitrogens is 2. The number of amides is 4. The van der Waals surface area contributed by atoms with Crippen molar-refractivity contribution < 1.29 is 29.0 Å². The molecule has 2 fully saturated rings.